The van der Waals surface area contributed by atoms with Gasteiger partial charge in [0.05, 0.1) is 12.4 Å². The van der Waals surface area contributed by atoms with Crippen LogP contribution in [0.2, 0.25) is 0 Å². The van der Waals surface area contributed by atoms with Crippen LogP contribution in [0.1, 0.15) is 23.0 Å². The molecule has 1 aliphatic rings. The minimum atomic E-state index is -0.513. The Morgan fingerprint density at radius 2 is 1.93 bits per heavy atom. The average molecular weight is 198 g/mol. The fourth-order valence-electron chi connectivity index (χ4n) is 1.98. The van der Waals surface area contributed by atoms with Gasteiger partial charge in [0.1, 0.15) is 5.76 Å². The zero-order chi connectivity index (χ0) is 10.3. The highest BCUT2D eigenvalue weighted by molar-refractivity contribution is 5.83. The second-order valence-corrected chi connectivity index (χ2v) is 3.59. The molecule has 2 aromatic rings. The number of aliphatic hydroxyl groups is 1. The fourth-order valence-corrected chi connectivity index (χ4v) is 1.98. The van der Waals surface area contributed by atoms with E-state index >= 15 is 0 Å². The Balaban J connectivity index is 2.17. The summed E-state index contributed by atoms with van der Waals surface area (Å²) in [4.78, 5) is 0. The average Bonchev–Trinajstić information content (AvgIpc) is 2.87. The van der Waals surface area contributed by atoms with E-state index in [2.05, 4.69) is 0 Å². The largest absolute Gasteiger partial charge is 0.464 e. The normalized spacial score (nSPS) is 18.7. The SMILES string of the molecule is OC1C=C(c2ccco2)c2ccccc21. The molecule has 2 heteroatoms. The van der Waals surface area contributed by atoms with Crippen LogP contribution in [-0.2, 0) is 0 Å². The van der Waals surface area contributed by atoms with Gasteiger partial charge in [0.25, 0.3) is 0 Å². The van der Waals surface area contributed by atoms with Gasteiger partial charge in [-0.25, -0.2) is 0 Å². The van der Waals surface area contributed by atoms with Crippen LogP contribution in [0.15, 0.2) is 53.2 Å². The summed E-state index contributed by atoms with van der Waals surface area (Å²) in [5, 5.41) is 9.83. The molecule has 1 N–H and O–H groups in total. The summed E-state index contributed by atoms with van der Waals surface area (Å²) in [7, 11) is 0. The Hall–Kier alpha value is -1.80. The Bertz CT molecular complexity index is 509. The smallest absolute Gasteiger partial charge is 0.134 e. The van der Waals surface area contributed by atoms with E-state index in [1.165, 1.54) is 0 Å². The number of hydrogen-bond donors (Lipinski definition) is 1. The topological polar surface area (TPSA) is 33.4 Å². The molecule has 0 aliphatic heterocycles. The van der Waals surface area contributed by atoms with E-state index in [0.29, 0.717) is 0 Å². The highest BCUT2D eigenvalue weighted by Crippen LogP contribution is 2.37. The first-order valence-electron chi connectivity index (χ1n) is 4.89. The quantitative estimate of drug-likeness (QED) is 0.764. The summed E-state index contributed by atoms with van der Waals surface area (Å²) in [6.07, 6.45) is 2.95. The molecule has 0 radical (unpaired) electrons. The van der Waals surface area contributed by atoms with Crippen LogP contribution in [0.5, 0.6) is 0 Å². The molecule has 3 rings (SSSR count). The van der Waals surface area contributed by atoms with E-state index in [-0.39, 0.29) is 0 Å². The van der Waals surface area contributed by atoms with Crippen molar-refractivity contribution in [3.05, 3.63) is 65.6 Å². The predicted octanol–water partition coefficient (Wildman–Crippen LogP) is 2.76. The second-order valence-electron chi connectivity index (χ2n) is 3.59. The minimum absolute atomic E-state index is 0.513. The van der Waals surface area contributed by atoms with E-state index in [0.717, 1.165) is 22.5 Å². The lowest BCUT2D eigenvalue weighted by molar-refractivity contribution is 0.232. The van der Waals surface area contributed by atoms with Crippen LogP contribution in [0.25, 0.3) is 5.57 Å². The number of fused-ring (bicyclic) bond motifs is 1. The molecular formula is C13H10O2. The third kappa shape index (κ3) is 1.22. The summed E-state index contributed by atoms with van der Waals surface area (Å²) in [6.45, 7) is 0. The van der Waals surface area contributed by atoms with Gasteiger partial charge < -0.3 is 9.52 Å². The lowest BCUT2D eigenvalue weighted by atomic mass is 10.0. The lowest BCUT2D eigenvalue weighted by Gasteiger charge is -2.03. The van der Waals surface area contributed by atoms with Gasteiger partial charge in [-0.05, 0) is 29.3 Å². The van der Waals surface area contributed by atoms with E-state index in [4.69, 9.17) is 4.42 Å². The number of hydrogen-bond acceptors (Lipinski definition) is 2. The molecule has 15 heavy (non-hydrogen) atoms. The summed E-state index contributed by atoms with van der Waals surface area (Å²) in [5.74, 6) is 0.805. The molecule has 1 unspecified atom stereocenters. The first-order chi connectivity index (χ1) is 7.36. The summed E-state index contributed by atoms with van der Waals surface area (Å²) < 4.78 is 5.34. The third-order valence-electron chi connectivity index (χ3n) is 2.68. The molecule has 1 atom stereocenters. The van der Waals surface area contributed by atoms with Crippen molar-refractivity contribution in [2.24, 2.45) is 0 Å². The zero-order valence-electron chi connectivity index (χ0n) is 8.05. The predicted molar refractivity (Wildman–Crippen MR) is 57.2 cm³/mol. The maximum absolute atomic E-state index is 9.83. The van der Waals surface area contributed by atoms with Gasteiger partial charge in [-0.3, -0.25) is 0 Å². The molecule has 0 spiro atoms. The summed E-state index contributed by atoms with van der Waals surface area (Å²) in [6, 6.07) is 11.6. The van der Waals surface area contributed by atoms with Crippen LogP contribution >= 0.6 is 0 Å². The standard InChI is InChI=1S/C13H10O2/c14-12-8-11(13-6-3-7-15-13)9-4-1-2-5-10(9)12/h1-8,12,14H. The lowest BCUT2D eigenvalue weighted by Crippen LogP contribution is -1.89. The molecule has 0 saturated carbocycles. The van der Waals surface area contributed by atoms with Crippen molar-refractivity contribution in [1.82, 2.24) is 0 Å². The molecule has 1 aromatic heterocycles. The number of furan rings is 1. The van der Waals surface area contributed by atoms with Crippen molar-refractivity contribution in [3.8, 4) is 0 Å². The Morgan fingerprint density at radius 1 is 1.07 bits per heavy atom. The van der Waals surface area contributed by atoms with Gasteiger partial charge in [-0.1, -0.05) is 24.3 Å². The van der Waals surface area contributed by atoms with Gasteiger partial charge in [0.15, 0.2) is 0 Å². The van der Waals surface area contributed by atoms with Gasteiger partial charge in [-0.2, -0.15) is 0 Å². The van der Waals surface area contributed by atoms with Crippen LogP contribution in [-0.4, -0.2) is 5.11 Å². The Labute approximate surface area is 87.5 Å². The number of benzene rings is 1. The van der Waals surface area contributed by atoms with E-state index in [1.807, 2.05) is 42.5 Å². The molecule has 1 aliphatic carbocycles. The summed E-state index contributed by atoms with van der Waals surface area (Å²) >= 11 is 0. The van der Waals surface area contributed by atoms with E-state index < -0.39 is 6.10 Å². The van der Waals surface area contributed by atoms with E-state index in [1.54, 1.807) is 6.26 Å². The first-order valence-corrected chi connectivity index (χ1v) is 4.89. The van der Waals surface area contributed by atoms with Crippen molar-refractivity contribution in [1.29, 1.82) is 0 Å². The number of aliphatic hydroxyl groups excluding tert-OH is 1. The van der Waals surface area contributed by atoms with Crippen LogP contribution in [0.4, 0.5) is 0 Å². The van der Waals surface area contributed by atoms with Crippen LogP contribution < -0.4 is 0 Å². The second kappa shape index (κ2) is 3.11. The van der Waals surface area contributed by atoms with Gasteiger partial charge in [0, 0.05) is 5.57 Å². The maximum Gasteiger partial charge on any atom is 0.134 e. The molecule has 1 heterocycles. The Kier molecular flexibility index (Phi) is 1.76. The minimum Gasteiger partial charge on any atom is -0.464 e. The molecule has 2 nitrogen and oxygen atoms in total. The van der Waals surface area contributed by atoms with Gasteiger partial charge in [-0.15, -0.1) is 0 Å². The molecule has 74 valence electrons. The van der Waals surface area contributed by atoms with Crippen LogP contribution in [0, 0.1) is 0 Å². The molecule has 0 bridgehead atoms. The van der Waals surface area contributed by atoms with Crippen molar-refractivity contribution in [2.75, 3.05) is 0 Å². The van der Waals surface area contributed by atoms with Crippen molar-refractivity contribution in [3.63, 3.8) is 0 Å². The van der Waals surface area contributed by atoms with E-state index in [9.17, 15) is 5.11 Å². The van der Waals surface area contributed by atoms with Gasteiger partial charge >= 0.3 is 0 Å². The molecule has 0 fully saturated rings. The first kappa shape index (κ1) is 8.50. The molecular weight excluding hydrogens is 188 g/mol. The third-order valence-corrected chi connectivity index (χ3v) is 2.68. The zero-order valence-corrected chi connectivity index (χ0v) is 8.05. The van der Waals surface area contributed by atoms with Crippen molar-refractivity contribution >= 4 is 5.57 Å². The fraction of sp³-hybridized carbons (Fsp3) is 0.0769. The summed E-state index contributed by atoms with van der Waals surface area (Å²) in [5.41, 5.74) is 2.98. The Morgan fingerprint density at radius 3 is 2.73 bits per heavy atom. The molecule has 0 saturated heterocycles. The molecule has 1 aromatic carbocycles. The monoisotopic (exact) mass is 198 g/mol. The highest BCUT2D eigenvalue weighted by atomic mass is 16.3. The van der Waals surface area contributed by atoms with Crippen LogP contribution in [0.3, 0.4) is 0 Å². The maximum atomic E-state index is 9.83. The number of rotatable bonds is 1. The van der Waals surface area contributed by atoms with Crippen molar-refractivity contribution < 1.29 is 9.52 Å². The highest BCUT2D eigenvalue weighted by Gasteiger charge is 2.22. The van der Waals surface area contributed by atoms with Gasteiger partial charge in [0.2, 0.25) is 0 Å². The molecule has 0 amide bonds. The van der Waals surface area contributed by atoms with Crippen molar-refractivity contribution in [2.45, 2.75) is 6.10 Å².